The van der Waals surface area contributed by atoms with E-state index >= 15 is 0 Å². The molecule has 432 valence electrons. The molecule has 23 heteroatoms. The number of aliphatic hydroxyl groups excluding tert-OH is 1. The Labute approximate surface area is 460 Å². The van der Waals surface area contributed by atoms with Crippen molar-refractivity contribution in [1.29, 1.82) is 0 Å². The van der Waals surface area contributed by atoms with E-state index < -0.39 is 87.9 Å². The maximum absolute atomic E-state index is 13.8. The summed E-state index contributed by atoms with van der Waals surface area (Å²) in [5, 5.41) is 9.79. The Balaban J connectivity index is 0.000000227. The van der Waals surface area contributed by atoms with E-state index in [0.29, 0.717) is 44.9 Å². The predicted octanol–water partition coefficient (Wildman–Crippen LogP) is 5.75. The molecule has 0 spiro atoms. The first-order valence-electron chi connectivity index (χ1n) is 27.5. The lowest BCUT2D eigenvalue weighted by Crippen LogP contribution is -2.46. The number of Topliss-reactive ketones (excluding diaryl/α,β-unsaturated/α-hetero) is 2. The highest BCUT2D eigenvalue weighted by atomic mass is 35.5. The van der Waals surface area contributed by atoms with Gasteiger partial charge in [-0.15, -0.1) is 0 Å². The fraction of sp³-hybridized carbons (Fsp3) is 0.778. The largest absolute Gasteiger partial charge is 0.444 e. The molecular weight excluding hydrogens is 1060 g/mol. The lowest BCUT2D eigenvalue weighted by molar-refractivity contribution is -0.142. The Hall–Kier alpha value is -4.41. The van der Waals surface area contributed by atoms with E-state index in [1.54, 1.807) is 42.0 Å². The molecule has 0 aromatic heterocycles. The monoisotopic (exact) mass is 1140 g/mol. The van der Waals surface area contributed by atoms with Crippen molar-refractivity contribution in [3.8, 4) is 0 Å². The molecule has 2 saturated heterocycles. The second-order valence-electron chi connectivity index (χ2n) is 24.1. The highest BCUT2D eigenvalue weighted by Crippen LogP contribution is 2.59. The van der Waals surface area contributed by atoms with Gasteiger partial charge in [0.1, 0.15) is 6.10 Å². The Morgan fingerprint density at radius 3 is 1.44 bits per heavy atom. The fourth-order valence-electron chi connectivity index (χ4n) is 10.9. The molecule has 0 unspecified atom stereocenters. The van der Waals surface area contributed by atoms with Gasteiger partial charge in [-0.05, 0) is 114 Å². The van der Waals surface area contributed by atoms with E-state index in [2.05, 4.69) is 9.44 Å². The molecule has 8 aliphatic rings. The molecule has 0 aromatic rings. The second kappa shape index (κ2) is 24.5. The van der Waals surface area contributed by atoms with E-state index in [-0.39, 0.29) is 85.8 Å². The number of hydrogen-bond donors (Lipinski definition) is 3. The lowest BCUT2D eigenvalue weighted by Gasteiger charge is -2.28. The molecule has 4 aliphatic carbocycles. The van der Waals surface area contributed by atoms with E-state index in [0.717, 1.165) is 57.8 Å². The molecule has 4 aliphatic heterocycles. The van der Waals surface area contributed by atoms with Gasteiger partial charge in [0.05, 0.1) is 45.1 Å². The smallest absolute Gasteiger partial charge is 0.409 e. The molecule has 3 N–H and O–H groups in total. The summed E-state index contributed by atoms with van der Waals surface area (Å²) < 4.78 is 59.3. The normalized spacial score (nSPS) is 33.7. The molecule has 6 amide bonds. The summed E-state index contributed by atoms with van der Waals surface area (Å²) in [5.41, 5.74) is -2.27. The van der Waals surface area contributed by atoms with Crippen molar-refractivity contribution < 1.29 is 65.0 Å². The third kappa shape index (κ3) is 14.7. The molecule has 20 nitrogen and oxygen atoms in total. The first kappa shape index (κ1) is 61.8. The van der Waals surface area contributed by atoms with Crippen LogP contribution in [0.4, 0.5) is 9.59 Å². The molecule has 0 radical (unpaired) electrons. The molecule has 10 atom stereocenters. The molecule has 8 rings (SSSR count). The summed E-state index contributed by atoms with van der Waals surface area (Å²) >= 11 is 4.90. The number of sulfonamides is 2. The van der Waals surface area contributed by atoms with Gasteiger partial charge in [0.25, 0.3) is 0 Å². The van der Waals surface area contributed by atoms with Gasteiger partial charge in [-0.1, -0.05) is 63.8 Å². The van der Waals surface area contributed by atoms with Crippen molar-refractivity contribution in [3.05, 3.63) is 24.3 Å². The van der Waals surface area contributed by atoms with Gasteiger partial charge >= 0.3 is 11.5 Å². The summed E-state index contributed by atoms with van der Waals surface area (Å²) in [5.74, 6) is -3.10. The highest BCUT2D eigenvalue weighted by molar-refractivity contribution is 7.92. The van der Waals surface area contributed by atoms with Crippen molar-refractivity contribution in [2.24, 2.45) is 34.5 Å². The Bertz CT molecular complexity index is 2570. The minimum atomic E-state index is -3.86. The number of allylic oxidation sites excluding steroid dienone is 4. The van der Waals surface area contributed by atoms with Gasteiger partial charge in [-0.25, -0.2) is 21.6 Å². The fourth-order valence-corrected chi connectivity index (χ4v) is 13.5. The van der Waals surface area contributed by atoms with Crippen LogP contribution < -0.4 is 9.44 Å². The van der Waals surface area contributed by atoms with Crippen molar-refractivity contribution in [1.82, 2.24) is 29.0 Å². The average Bonchev–Trinajstić information content (AvgIpc) is 4.31. The first-order valence-corrected chi connectivity index (χ1v) is 30.8. The van der Waals surface area contributed by atoms with Crippen LogP contribution in [0.3, 0.4) is 0 Å². The highest BCUT2D eigenvalue weighted by Gasteiger charge is 2.64. The Morgan fingerprint density at radius 2 is 1.05 bits per heavy atom. The predicted molar refractivity (Wildman–Crippen MR) is 288 cm³/mol. The van der Waals surface area contributed by atoms with E-state index in [9.17, 15) is 60.3 Å². The topological polar surface area (TPSA) is 271 Å². The van der Waals surface area contributed by atoms with E-state index in [1.165, 1.54) is 19.6 Å². The number of aliphatic hydroxyl groups is 1. The number of carbonyl (C=O) groups is 8. The number of ketones is 2. The second-order valence-corrected chi connectivity index (χ2v) is 28.8. The minimum Gasteiger partial charge on any atom is -0.444 e. The Kier molecular flexibility index (Phi) is 19.7. The van der Waals surface area contributed by atoms with Crippen LogP contribution in [0, 0.1) is 34.5 Å². The van der Waals surface area contributed by atoms with Crippen LogP contribution in [0.1, 0.15) is 156 Å². The summed E-state index contributed by atoms with van der Waals surface area (Å²) in [6, 6.07) is -1.60. The lowest BCUT2D eigenvalue weighted by atomic mass is 9.91. The summed E-state index contributed by atoms with van der Waals surface area (Å²) in [6.45, 7) is 7.20. The van der Waals surface area contributed by atoms with E-state index in [4.69, 9.17) is 16.3 Å². The van der Waals surface area contributed by atoms with Crippen LogP contribution in [-0.2, 0) is 53.6 Å². The van der Waals surface area contributed by atoms with Crippen molar-refractivity contribution in [2.45, 2.75) is 190 Å². The van der Waals surface area contributed by atoms with Gasteiger partial charge in [0, 0.05) is 72.3 Å². The van der Waals surface area contributed by atoms with Gasteiger partial charge in [-0.2, -0.15) is 0 Å². The third-order valence-corrected chi connectivity index (χ3v) is 21.9. The van der Waals surface area contributed by atoms with Crippen molar-refractivity contribution in [3.63, 3.8) is 0 Å². The third-order valence-electron chi connectivity index (χ3n) is 17.2. The van der Waals surface area contributed by atoms with Crippen LogP contribution in [0.2, 0.25) is 0 Å². The quantitative estimate of drug-likeness (QED) is 0.156. The number of halogens is 1. The Morgan fingerprint density at radius 1 is 0.649 bits per heavy atom. The molecule has 6 fully saturated rings. The minimum absolute atomic E-state index is 0.119. The SMILES string of the molecule is CN(C)C(=O)Cl.C[C@H]1CCCCC/C=C\[C@@H]2C[C@@]2(C(=O)NS(=O)(=O)C2(C)CC2)CC(=O)[C@@H]2C[C@@H](O)CN2C1=O.C[C@H]1CCCCC/C=C\[C@@H]2C[C@@]2(C(=O)NS(=O)(=O)C2(C)CC2)CC(=O)[C@@H]2C[C@@H](OC(=O)N(C)C)CN2C1=O. The number of nitrogens with one attached hydrogen (secondary N) is 2. The maximum atomic E-state index is 13.8. The molecule has 77 heavy (non-hydrogen) atoms. The number of carbonyl (C=O) groups excluding carboxylic acids is 8. The van der Waals surface area contributed by atoms with E-state index in [1.807, 2.05) is 38.2 Å². The number of ether oxygens (including phenoxy) is 1. The number of hydrogen-bond acceptors (Lipinski definition) is 14. The van der Waals surface area contributed by atoms with Crippen LogP contribution >= 0.6 is 11.6 Å². The first-order chi connectivity index (χ1) is 35.9. The van der Waals surface area contributed by atoms with Crippen LogP contribution in [-0.4, -0.2) is 163 Å². The van der Waals surface area contributed by atoms with Crippen molar-refractivity contribution in [2.75, 3.05) is 41.3 Å². The standard InChI is InChI=1S/C27H41N3O7S.C24H36N2O6S.C3H6ClNO/c1-18-10-8-6-5-7-9-11-19-15-27(19,24(33)28-38(35,36)26(2)12-13-26)16-22(31)21-14-20(17-30(21)23(18)32)37-25(34)29(3)4;1-16-8-6-4-3-5-7-9-17-13-24(17,22(30)25-33(31,32)23(2)10-11-23)14-20(28)19-12-18(27)15-26(19)21(16)29;1-5(2)3(4)6/h9,11,18-21H,5-8,10,12-17H2,1-4H3,(H,28,33);7,9,16-19,27H,3-6,8,10-15H2,1-2H3,(H,25,30);1-2H3/b11-9-;9-7-;/t18-,19+,20+,21-,27+;16-,17+,18+,19-,24+;/m00./s1. The zero-order valence-corrected chi connectivity index (χ0v) is 48.6. The number of amides is 6. The number of fused-ring (bicyclic) bond motifs is 4. The molecule has 0 aromatic carbocycles. The zero-order chi connectivity index (χ0) is 57.1. The number of rotatable bonds is 7. The summed E-state index contributed by atoms with van der Waals surface area (Å²) in [4.78, 5) is 108. The number of nitrogens with zero attached hydrogens (tertiary/aromatic N) is 4. The zero-order valence-electron chi connectivity index (χ0n) is 46.2. The van der Waals surface area contributed by atoms with Gasteiger partial charge in [0.15, 0.2) is 11.6 Å². The van der Waals surface area contributed by atoms with Crippen LogP contribution in [0.25, 0.3) is 0 Å². The molecule has 4 saturated carbocycles. The van der Waals surface area contributed by atoms with Crippen LogP contribution in [0.5, 0.6) is 0 Å². The van der Waals surface area contributed by atoms with Gasteiger partial charge in [0.2, 0.25) is 43.7 Å². The van der Waals surface area contributed by atoms with Gasteiger partial charge < -0.3 is 29.4 Å². The van der Waals surface area contributed by atoms with Crippen LogP contribution in [0.15, 0.2) is 24.3 Å². The average molecular weight is 1140 g/mol. The van der Waals surface area contributed by atoms with Crippen molar-refractivity contribution >= 4 is 78.3 Å². The molecule has 4 heterocycles. The molecule has 0 bridgehead atoms. The summed E-state index contributed by atoms with van der Waals surface area (Å²) in [7, 11) is -1.35. The maximum Gasteiger partial charge on any atom is 0.409 e. The summed E-state index contributed by atoms with van der Waals surface area (Å²) in [6.07, 6.45) is 17.6. The van der Waals surface area contributed by atoms with Gasteiger partial charge in [-0.3, -0.25) is 43.0 Å². The molecular formula is C54H83ClN6O14S2.